The van der Waals surface area contributed by atoms with Crippen LogP contribution < -0.4 is 4.90 Å². The number of ether oxygens (including phenoxy) is 2. The summed E-state index contributed by atoms with van der Waals surface area (Å²) in [4.78, 5) is 28.0. The van der Waals surface area contributed by atoms with E-state index >= 15 is 0 Å². The first-order chi connectivity index (χ1) is 15.6. The molecule has 3 aromatic carbocycles. The molecule has 33 heavy (non-hydrogen) atoms. The van der Waals surface area contributed by atoms with Crippen LogP contribution in [0.3, 0.4) is 0 Å². The molecule has 0 atom stereocenters. The number of aryl methyl sites for hydroxylation is 2. The summed E-state index contributed by atoms with van der Waals surface area (Å²) in [5, 5.41) is 0. The normalized spacial score (nSPS) is 11.1. The van der Waals surface area contributed by atoms with Crippen molar-refractivity contribution in [2.24, 2.45) is 0 Å². The zero-order valence-electron chi connectivity index (χ0n) is 20.4. The maximum Gasteiger partial charge on any atom is 0.340 e. The van der Waals surface area contributed by atoms with Crippen molar-refractivity contribution >= 4 is 29.0 Å². The molecule has 0 saturated carbocycles. The number of carbonyl (C=O) groups is 2. The fourth-order valence-corrected chi connectivity index (χ4v) is 3.63. The van der Waals surface area contributed by atoms with Gasteiger partial charge >= 0.3 is 11.9 Å². The minimum atomic E-state index is -0.523. The van der Waals surface area contributed by atoms with Gasteiger partial charge < -0.3 is 14.4 Å². The minimum Gasteiger partial charge on any atom is -0.465 e. The van der Waals surface area contributed by atoms with Crippen LogP contribution in [0, 0.1) is 13.8 Å². The number of carbonyl (C=O) groups excluding carboxylic acids is 2. The summed E-state index contributed by atoms with van der Waals surface area (Å²) >= 11 is 0. The first-order valence-corrected chi connectivity index (χ1v) is 10.9. The van der Waals surface area contributed by atoms with Crippen LogP contribution in [0.25, 0.3) is 0 Å². The first-order valence-electron chi connectivity index (χ1n) is 10.9. The molecule has 0 bridgehead atoms. The second-order valence-electron chi connectivity index (χ2n) is 9.16. The number of esters is 2. The molecule has 5 heteroatoms. The summed E-state index contributed by atoms with van der Waals surface area (Å²) < 4.78 is 10.3. The van der Waals surface area contributed by atoms with Gasteiger partial charge in [-0.05, 0) is 61.2 Å². The van der Waals surface area contributed by atoms with Crippen molar-refractivity contribution in [2.75, 3.05) is 19.1 Å². The highest BCUT2D eigenvalue weighted by Crippen LogP contribution is 2.41. The van der Waals surface area contributed by atoms with Crippen LogP contribution >= 0.6 is 0 Å². The number of hydrogen-bond acceptors (Lipinski definition) is 5. The topological polar surface area (TPSA) is 55.8 Å². The molecule has 0 amide bonds. The number of nitrogens with zero attached hydrogens (tertiary/aromatic N) is 1. The summed E-state index contributed by atoms with van der Waals surface area (Å²) in [7, 11) is 2.69. The van der Waals surface area contributed by atoms with E-state index in [1.807, 2.05) is 100 Å². The van der Waals surface area contributed by atoms with E-state index in [1.165, 1.54) is 14.2 Å². The van der Waals surface area contributed by atoms with Crippen molar-refractivity contribution in [1.82, 2.24) is 0 Å². The second kappa shape index (κ2) is 9.49. The van der Waals surface area contributed by atoms with Crippen LogP contribution in [0.15, 0.2) is 60.7 Å². The monoisotopic (exact) mass is 445 g/mol. The smallest absolute Gasteiger partial charge is 0.340 e. The van der Waals surface area contributed by atoms with E-state index in [2.05, 4.69) is 0 Å². The summed E-state index contributed by atoms with van der Waals surface area (Å²) in [6.45, 7) is 10.1. The van der Waals surface area contributed by atoms with Gasteiger partial charge in [-0.1, -0.05) is 56.2 Å². The first kappa shape index (κ1) is 24.1. The highest BCUT2D eigenvalue weighted by Gasteiger charge is 2.30. The van der Waals surface area contributed by atoms with Crippen molar-refractivity contribution in [3.63, 3.8) is 0 Å². The molecule has 0 saturated heterocycles. The van der Waals surface area contributed by atoms with E-state index in [4.69, 9.17) is 9.47 Å². The largest absolute Gasteiger partial charge is 0.465 e. The highest BCUT2D eigenvalue weighted by molar-refractivity contribution is 6.07. The van der Waals surface area contributed by atoms with Gasteiger partial charge in [0.25, 0.3) is 0 Å². The lowest BCUT2D eigenvalue weighted by atomic mass is 9.84. The van der Waals surface area contributed by atoms with Gasteiger partial charge in [0.2, 0.25) is 0 Å². The summed E-state index contributed by atoms with van der Waals surface area (Å²) in [5.74, 6) is -1.05. The molecule has 0 unspecified atom stereocenters. The van der Waals surface area contributed by atoms with Gasteiger partial charge in [-0.2, -0.15) is 0 Å². The Labute approximate surface area is 196 Å². The average molecular weight is 446 g/mol. The molecule has 3 aromatic rings. The molecule has 0 aliphatic carbocycles. The molecular weight excluding hydrogens is 414 g/mol. The lowest BCUT2D eigenvalue weighted by Gasteiger charge is -2.31. The molecule has 3 rings (SSSR count). The minimum absolute atomic E-state index is 0.298. The van der Waals surface area contributed by atoms with Crippen molar-refractivity contribution in [2.45, 2.75) is 40.0 Å². The van der Waals surface area contributed by atoms with Crippen LogP contribution in [0.5, 0.6) is 0 Å². The fourth-order valence-electron chi connectivity index (χ4n) is 3.63. The van der Waals surface area contributed by atoms with E-state index < -0.39 is 11.9 Å². The number of hydrogen-bond donors (Lipinski definition) is 0. The summed E-state index contributed by atoms with van der Waals surface area (Å²) in [5.41, 5.74) is 5.38. The van der Waals surface area contributed by atoms with Crippen LogP contribution in [0.2, 0.25) is 0 Å². The van der Waals surface area contributed by atoms with Crippen LogP contribution in [-0.2, 0) is 14.9 Å². The number of benzene rings is 3. The zero-order valence-corrected chi connectivity index (χ0v) is 20.4. The third-order valence-electron chi connectivity index (χ3n) is 5.59. The van der Waals surface area contributed by atoms with E-state index in [-0.39, 0.29) is 5.41 Å². The quantitative estimate of drug-likeness (QED) is 0.412. The Morgan fingerprint density at radius 1 is 0.697 bits per heavy atom. The van der Waals surface area contributed by atoms with Gasteiger partial charge in [-0.15, -0.1) is 0 Å². The Morgan fingerprint density at radius 2 is 1.06 bits per heavy atom. The standard InChI is InChI=1S/C28H31NO4/c1-18-8-12-21(13-9-18)29(22-14-10-19(2)11-15-22)25-23(26(30)32-6)16-20(28(3,4)5)17-24(25)27(31)33-7/h8-17H,1-7H3. The lowest BCUT2D eigenvalue weighted by molar-refractivity contribution is 0.0601. The van der Waals surface area contributed by atoms with Crippen LogP contribution in [0.1, 0.15) is 58.2 Å². The molecule has 0 spiro atoms. The predicted molar refractivity (Wildman–Crippen MR) is 132 cm³/mol. The SMILES string of the molecule is COC(=O)c1cc(C(C)(C)C)cc(C(=O)OC)c1N(c1ccc(C)cc1)c1ccc(C)cc1. The number of anilines is 3. The number of rotatable bonds is 5. The Morgan fingerprint density at radius 3 is 1.36 bits per heavy atom. The molecule has 0 aliphatic rings. The van der Waals surface area contributed by atoms with Crippen molar-refractivity contribution in [3.05, 3.63) is 88.5 Å². The molecule has 0 aromatic heterocycles. The lowest BCUT2D eigenvalue weighted by Crippen LogP contribution is -2.22. The Kier molecular flexibility index (Phi) is 6.92. The fraction of sp³-hybridized carbons (Fsp3) is 0.286. The predicted octanol–water partition coefficient (Wildman–Crippen LogP) is 6.64. The summed E-state index contributed by atoms with van der Waals surface area (Å²) in [6, 6.07) is 19.5. The number of methoxy groups -OCH3 is 2. The Balaban J connectivity index is 2.45. The van der Waals surface area contributed by atoms with Crippen molar-refractivity contribution in [3.8, 4) is 0 Å². The third kappa shape index (κ3) is 5.08. The van der Waals surface area contributed by atoms with Gasteiger partial charge in [0.15, 0.2) is 0 Å². The molecule has 0 heterocycles. The van der Waals surface area contributed by atoms with Gasteiger partial charge in [0.1, 0.15) is 0 Å². The van der Waals surface area contributed by atoms with E-state index in [9.17, 15) is 9.59 Å². The molecule has 0 N–H and O–H groups in total. The van der Waals surface area contributed by atoms with Crippen molar-refractivity contribution < 1.29 is 19.1 Å². The third-order valence-corrected chi connectivity index (χ3v) is 5.59. The molecule has 172 valence electrons. The Hall–Kier alpha value is -3.60. The van der Waals surface area contributed by atoms with Crippen molar-refractivity contribution in [1.29, 1.82) is 0 Å². The summed E-state index contributed by atoms with van der Waals surface area (Å²) in [6.07, 6.45) is 0. The van der Waals surface area contributed by atoms with Crippen LogP contribution in [-0.4, -0.2) is 26.2 Å². The van der Waals surface area contributed by atoms with Gasteiger partial charge in [-0.25, -0.2) is 9.59 Å². The molecule has 0 radical (unpaired) electrons. The average Bonchev–Trinajstić information content (AvgIpc) is 2.79. The highest BCUT2D eigenvalue weighted by atomic mass is 16.5. The van der Waals surface area contributed by atoms with Gasteiger partial charge in [-0.3, -0.25) is 0 Å². The molecule has 0 aliphatic heterocycles. The second-order valence-corrected chi connectivity index (χ2v) is 9.16. The van der Waals surface area contributed by atoms with E-state index in [0.717, 1.165) is 28.1 Å². The maximum absolute atomic E-state index is 13.1. The van der Waals surface area contributed by atoms with Gasteiger partial charge in [0.05, 0.1) is 31.0 Å². The van der Waals surface area contributed by atoms with E-state index in [0.29, 0.717) is 16.8 Å². The van der Waals surface area contributed by atoms with Crippen LogP contribution in [0.4, 0.5) is 17.1 Å². The molecule has 5 nitrogen and oxygen atoms in total. The van der Waals surface area contributed by atoms with E-state index in [1.54, 1.807) is 0 Å². The van der Waals surface area contributed by atoms with Gasteiger partial charge in [0, 0.05) is 11.4 Å². The molecule has 0 fully saturated rings. The zero-order chi connectivity index (χ0) is 24.3. The molecular formula is C28H31NO4. The maximum atomic E-state index is 13.1. The Bertz CT molecular complexity index is 1070.